The van der Waals surface area contributed by atoms with Gasteiger partial charge in [0.05, 0.1) is 25.7 Å². The van der Waals surface area contributed by atoms with Crippen molar-refractivity contribution in [3.63, 3.8) is 0 Å². The Morgan fingerprint density at radius 3 is 2.21 bits per heavy atom. The van der Waals surface area contributed by atoms with Crippen LogP contribution in [0.3, 0.4) is 0 Å². The standard InChI is InChI=1S/C12H10Cl4O3/c1-5(3-9(18)19)2-8(17)10-6(13)4-7(14)11(15)12(10)16/h4-5H,2-3H2,1H3,(H,18,19). The Hall–Kier alpha value is -0.480. The first-order valence-electron chi connectivity index (χ1n) is 5.32. The predicted molar refractivity (Wildman–Crippen MR) is 76.8 cm³/mol. The molecule has 0 aliphatic carbocycles. The van der Waals surface area contributed by atoms with E-state index < -0.39 is 5.97 Å². The Balaban J connectivity index is 3.01. The summed E-state index contributed by atoms with van der Waals surface area (Å²) in [5, 5.41) is 8.97. The maximum atomic E-state index is 12.1. The number of hydrogen-bond acceptors (Lipinski definition) is 2. The van der Waals surface area contributed by atoms with Gasteiger partial charge in [-0.15, -0.1) is 0 Å². The summed E-state index contributed by atoms with van der Waals surface area (Å²) in [6.07, 6.45) is -0.0913. The molecule has 1 aromatic carbocycles. The minimum absolute atomic E-state index is 0.00769. The second-order valence-corrected chi connectivity index (χ2v) is 5.74. The lowest BCUT2D eigenvalue weighted by Gasteiger charge is -2.11. The number of aliphatic carboxylic acids is 1. The molecule has 0 bridgehead atoms. The molecule has 0 aromatic heterocycles. The van der Waals surface area contributed by atoms with Gasteiger partial charge in [-0.25, -0.2) is 0 Å². The zero-order valence-corrected chi connectivity index (χ0v) is 12.9. The highest BCUT2D eigenvalue weighted by Crippen LogP contribution is 2.38. The minimum Gasteiger partial charge on any atom is -0.481 e. The summed E-state index contributed by atoms with van der Waals surface area (Å²) in [7, 11) is 0. The van der Waals surface area contributed by atoms with Crippen molar-refractivity contribution in [2.24, 2.45) is 5.92 Å². The zero-order valence-electron chi connectivity index (χ0n) is 9.84. The molecular formula is C12H10Cl4O3. The van der Waals surface area contributed by atoms with Gasteiger partial charge in [-0.05, 0) is 12.0 Å². The van der Waals surface area contributed by atoms with Crippen LogP contribution in [0.15, 0.2) is 6.07 Å². The number of carbonyl (C=O) groups is 2. The molecule has 0 amide bonds. The van der Waals surface area contributed by atoms with Crippen molar-refractivity contribution in [1.82, 2.24) is 0 Å². The predicted octanol–water partition coefficient (Wildman–Crippen LogP) is 4.98. The molecule has 1 rings (SSSR count). The van der Waals surface area contributed by atoms with E-state index >= 15 is 0 Å². The van der Waals surface area contributed by atoms with Crippen LogP contribution >= 0.6 is 46.4 Å². The zero-order chi connectivity index (χ0) is 14.7. The van der Waals surface area contributed by atoms with E-state index in [0.29, 0.717) is 0 Å². The summed E-state index contributed by atoms with van der Waals surface area (Å²) in [4.78, 5) is 22.6. The molecule has 19 heavy (non-hydrogen) atoms. The van der Waals surface area contributed by atoms with E-state index in [-0.39, 0.29) is 50.2 Å². The number of benzene rings is 1. The van der Waals surface area contributed by atoms with Gasteiger partial charge in [0.2, 0.25) is 0 Å². The summed E-state index contributed by atoms with van der Waals surface area (Å²) in [5.74, 6) is -1.65. The third-order valence-electron chi connectivity index (χ3n) is 2.45. The van der Waals surface area contributed by atoms with Crippen LogP contribution in [0.2, 0.25) is 20.1 Å². The molecule has 104 valence electrons. The van der Waals surface area contributed by atoms with Crippen LogP contribution in [0.25, 0.3) is 0 Å². The molecule has 1 unspecified atom stereocenters. The molecule has 0 aliphatic heterocycles. The fourth-order valence-corrected chi connectivity index (χ4v) is 2.73. The summed E-state index contributed by atoms with van der Waals surface area (Å²) in [6.45, 7) is 1.66. The quantitative estimate of drug-likeness (QED) is 0.465. The smallest absolute Gasteiger partial charge is 0.303 e. The third kappa shape index (κ3) is 4.25. The summed E-state index contributed by atoms with van der Waals surface area (Å²) in [5.41, 5.74) is 0.0787. The molecular weight excluding hydrogens is 334 g/mol. The van der Waals surface area contributed by atoms with Gasteiger partial charge in [0, 0.05) is 12.8 Å². The van der Waals surface area contributed by atoms with E-state index in [1.807, 2.05) is 0 Å². The van der Waals surface area contributed by atoms with Gasteiger partial charge >= 0.3 is 5.97 Å². The maximum Gasteiger partial charge on any atom is 0.303 e. The van der Waals surface area contributed by atoms with Crippen LogP contribution in [0.1, 0.15) is 30.1 Å². The molecule has 0 heterocycles. The van der Waals surface area contributed by atoms with Crippen LogP contribution in [0, 0.1) is 5.92 Å². The SMILES string of the molecule is CC(CC(=O)O)CC(=O)c1c(Cl)cc(Cl)c(Cl)c1Cl. The highest BCUT2D eigenvalue weighted by atomic mass is 35.5. The van der Waals surface area contributed by atoms with Crippen molar-refractivity contribution in [1.29, 1.82) is 0 Å². The van der Waals surface area contributed by atoms with Crippen molar-refractivity contribution >= 4 is 58.2 Å². The molecule has 0 saturated heterocycles. The van der Waals surface area contributed by atoms with E-state index in [1.165, 1.54) is 6.07 Å². The normalized spacial score (nSPS) is 12.3. The second-order valence-electron chi connectivity index (χ2n) is 4.17. The molecule has 0 spiro atoms. The van der Waals surface area contributed by atoms with E-state index in [9.17, 15) is 9.59 Å². The number of ketones is 1. The first kappa shape index (κ1) is 16.6. The van der Waals surface area contributed by atoms with Gasteiger partial charge in [-0.1, -0.05) is 53.3 Å². The lowest BCUT2D eigenvalue weighted by atomic mass is 9.97. The first-order valence-corrected chi connectivity index (χ1v) is 6.83. The maximum absolute atomic E-state index is 12.1. The Labute approximate surface area is 130 Å². The topological polar surface area (TPSA) is 54.4 Å². The van der Waals surface area contributed by atoms with E-state index in [1.54, 1.807) is 6.92 Å². The average molecular weight is 344 g/mol. The molecule has 0 fully saturated rings. The largest absolute Gasteiger partial charge is 0.481 e. The molecule has 3 nitrogen and oxygen atoms in total. The lowest BCUT2D eigenvalue weighted by molar-refractivity contribution is -0.137. The fourth-order valence-electron chi connectivity index (χ4n) is 1.61. The molecule has 0 radical (unpaired) electrons. The van der Waals surface area contributed by atoms with E-state index in [4.69, 9.17) is 51.5 Å². The van der Waals surface area contributed by atoms with Gasteiger partial charge < -0.3 is 5.11 Å². The Morgan fingerprint density at radius 1 is 1.11 bits per heavy atom. The van der Waals surface area contributed by atoms with Gasteiger partial charge in [-0.3, -0.25) is 9.59 Å². The Bertz CT molecular complexity index is 528. The Kier molecular flexibility index (Phi) is 5.93. The number of carbonyl (C=O) groups excluding carboxylic acids is 1. The van der Waals surface area contributed by atoms with Crippen molar-refractivity contribution < 1.29 is 14.7 Å². The van der Waals surface area contributed by atoms with Crippen LogP contribution in [0.5, 0.6) is 0 Å². The summed E-state index contributed by atoms with van der Waals surface area (Å²) < 4.78 is 0. The fraction of sp³-hybridized carbons (Fsp3) is 0.333. The number of Topliss-reactive ketones (excluding diaryl/α,β-unsaturated/α-hetero) is 1. The number of hydrogen-bond donors (Lipinski definition) is 1. The van der Waals surface area contributed by atoms with Crippen molar-refractivity contribution in [3.05, 3.63) is 31.7 Å². The van der Waals surface area contributed by atoms with Crippen molar-refractivity contribution in [2.75, 3.05) is 0 Å². The Morgan fingerprint density at radius 2 is 1.68 bits per heavy atom. The number of rotatable bonds is 5. The summed E-state index contributed by atoms with van der Waals surface area (Å²) in [6, 6.07) is 1.34. The molecule has 7 heteroatoms. The number of carboxylic acids is 1. The van der Waals surface area contributed by atoms with Crippen LogP contribution in [0.4, 0.5) is 0 Å². The molecule has 1 atom stereocenters. The molecule has 1 N–H and O–H groups in total. The van der Waals surface area contributed by atoms with Gasteiger partial charge in [-0.2, -0.15) is 0 Å². The highest BCUT2D eigenvalue weighted by Gasteiger charge is 2.22. The van der Waals surface area contributed by atoms with Crippen LogP contribution in [-0.4, -0.2) is 16.9 Å². The molecule has 1 aromatic rings. The van der Waals surface area contributed by atoms with Gasteiger partial charge in [0.25, 0.3) is 0 Å². The van der Waals surface area contributed by atoms with E-state index in [2.05, 4.69) is 0 Å². The number of carboxylic acid groups (broad SMARTS) is 1. The van der Waals surface area contributed by atoms with Crippen molar-refractivity contribution in [3.8, 4) is 0 Å². The van der Waals surface area contributed by atoms with E-state index in [0.717, 1.165) is 0 Å². The summed E-state index contributed by atoms with van der Waals surface area (Å²) >= 11 is 23.5. The molecule has 0 aliphatic rings. The first-order chi connectivity index (χ1) is 8.73. The minimum atomic E-state index is -0.966. The second kappa shape index (κ2) is 6.80. The van der Waals surface area contributed by atoms with Crippen LogP contribution < -0.4 is 0 Å². The third-order valence-corrected chi connectivity index (χ3v) is 4.01. The number of halogens is 4. The van der Waals surface area contributed by atoms with Crippen LogP contribution in [-0.2, 0) is 4.79 Å². The highest BCUT2D eigenvalue weighted by molar-refractivity contribution is 6.51. The van der Waals surface area contributed by atoms with Gasteiger partial charge in [0.1, 0.15) is 0 Å². The van der Waals surface area contributed by atoms with Crippen molar-refractivity contribution in [2.45, 2.75) is 19.8 Å². The van der Waals surface area contributed by atoms with Gasteiger partial charge in [0.15, 0.2) is 5.78 Å². The average Bonchev–Trinajstić information content (AvgIpc) is 2.24. The molecule has 0 saturated carbocycles. The lowest BCUT2D eigenvalue weighted by Crippen LogP contribution is -2.11. The monoisotopic (exact) mass is 342 g/mol.